The highest BCUT2D eigenvalue weighted by molar-refractivity contribution is 7.38. The third-order valence-corrected chi connectivity index (χ3v) is 10.1. The van der Waals surface area contributed by atoms with Crippen LogP contribution >= 0.6 is 8.16 Å². The van der Waals surface area contributed by atoms with Gasteiger partial charge in [0.2, 0.25) is 0 Å². The first-order chi connectivity index (χ1) is 21.2. The Morgan fingerprint density at radius 3 is 1.60 bits per heavy atom. The van der Waals surface area contributed by atoms with Gasteiger partial charge in [0, 0.05) is 23.4 Å². The first-order valence-electron chi connectivity index (χ1n) is 14.7. The Hall–Kier alpha value is -4.82. The fourth-order valence-corrected chi connectivity index (χ4v) is 7.92. The summed E-state index contributed by atoms with van der Waals surface area (Å²) in [7, 11) is -1.55. The third kappa shape index (κ3) is 4.58. The number of hydrogen-bond donors (Lipinski definition) is 0. The Kier molecular flexibility index (Phi) is 6.48. The van der Waals surface area contributed by atoms with E-state index in [4.69, 9.17) is 8.39 Å². The fraction of sp³-hybridized carbons (Fsp3) is 0.0769. The molecule has 0 fully saturated rings. The molecule has 0 unspecified atom stereocenters. The summed E-state index contributed by atoms with van der Waals surface area (Å²) >= 11 is 0. The number of rotatable bonds is 5. The molecule has 1 heterocycles. The molecule has 0 amide bonds. The molecule has 43 heavy (non-hydrogen) atoms. The monoisotopic (exact) mass is 575 g/mol. The summed E-state index contributed by atoms with van der Waals surface area (Å²) in [6.45, 7) is 2.95. The van der Waals surface area contributed by atoms with Crippen LogP contribution in [0.3, 0.4) is 0 Å². The van der Waals surface area contributed by atoms with Crippen molar-refractivity contribution in [2.75, 3.05) is 4.67 Å². The quantitative estimate of drug-likeness (QED) is 0.204. The smallest absolute Gasteiger partial charge is 0.310 e. The van der Waals surface area contributed by atoms with Crippen molar-refractivity contribution in [1.29, 1.82) is 0 Å². The molecule has 0 saturated heterocycles. The minimum absolute atomic E-state index is 0.0170. The lowest BCUT2D eigenvalue weighted by Gasteiger charge is -2.27. The molecule has 4 heteroatoms. The second-order valence-corrected chi connectivity index (χ2v) is 12.4. The topological polar surface area (TPSA) is 29.5 Å². The van der Waals surface area contributed by atoms with E-state index in [0.717, 1.165) is 32.7 Å². The maximum atomic E-state index is 7.05. The number of benzene rings is 7. The lowest BCUT2D eigenvalue weighted by Crippen LogP contribution is -2.23. The molecule has 0 aliphatic rings. The summed E-state index contributed by atoms with van der Waals surface area (Å²) in [6.07, 6.45) is 0. The molecule has 1 aromatic heterocycles. The Morgan fingerprint density at radius 2 is 1.00 bits per heavy atom. The fourth-order valence-electron chi connectivity index (χ4n) is 6.34. The summed E-state index contributed by atoms with van der Waals surface area (Å²) in [6, 6.07) is 51.5. The molecule has 0 aliphatic carbocycles. The van der Waals surface area contributed by atoms with E-state index >= 15 is 0 Å². The highest BCUT2D eigenvalue weighted by atomic mass is 31.1. The summed E-state index contributed by atoms with van der Waals surface area (Å²) in [5.41, 5.74) is 4.17. The normalized spacial score (nSPS) is 12.5. The van der Waals surface area contributed by atoms with Crippen molar-refractivity contribution in [3.05, 3.63) is 157 Å². The molecular formula is C39H30NO2P. The first kappa shape index (κ1) is 25.9. The maximum Gasteiger partial charge on any atom is 0.310 e. The van der Waals surface area contributed by atoms with Crippen molar-refractivity contribution >= 4 is 62.4 Å². The molecule has 0 saturated carbocycles. The molecule has 8 aromatic rings. The van der Waals surface area contributed by atoms with Crippen molar-refractivity contribution in [2.24, 2.45) is 0 Å². The maximum absolute atomic E-state index is 7.05. The van der Waals surface area contributed by atoms with Crippen LogP contribution in [0.1, 0.15) is 24.1 Å². The van der Waals surface area contributed by atoms with Gasteiger partial charge in [-0.3, -0.25) is 0 Å². The molecule has 7 aromatic carbocycles. The molecule has 0 bridgehead atoms. The van der Waals surface area contributed by atoms with Crippen LogP contribution in [0.25, 0.3) is 54.3 Å². The van der Waals surface area contributed by atoms with Gasteiger partial charge in [-0.2, -0.15) is 4.67 Å². The Balaban J connectivity index is 1.45. The van der Waals surface area contributed by atoms with E-state index in [1.807, 2.05) is 0 Å². The van der Waals surface area contributed by atoms with E-state index in [-0.39, 0.29) is 6.04 Å². The summed E-state index contributed by atoms with van der Waals surface area (Å²) in [5.74, 6) is 0. The second kappa shape index (κ2) is 10.8. The van der Waals surface area contributed by atoms with Crippen LogP contribution in [-0.2, 0) is 6.54 Å². The summed E-state index contributed by atoms with van der Waals surface area (Å²) in [4.78, 5) is 0. The Bertz CT molecular complexity index is 2210. The zero-order valence-electron chi connectivity index (χ0n) is 23.9. The van der Waals surface area contributed by atoms with E-state index in [1.165, 1.54) is 32.7 Å². The van der Waals surface area contributed by atoms with Crippen LogP contribution in [-0.4, -0.2) is 0 Å². The van der Waals surface area contributed by atoms with Crippen LogP contribution in [0.5, 0.6) is 0 Å². The van der Waals surface area contributed by atoms with Gasteiger partial charge < -0.3 is 8.39 Å². The van der Waals surface area contributed by atoms with Gasteiger partial charge in [-0.1, -0.05) is 133 Å². The van der Waals surface area contributed by atoms with Crippen molar-refractivity contribution in [2.45, 2.75) is 19.5 Å². The van der Waals surface area contributed by atoms with Crippen LogP contribution in [0.4, 0.5) is 0 Å². The summed E-state index contributed by atoms with van der Waals surface area (Å²) in [5, 5.41) is 9.35. The van der Waals surface area contributed by atoms with Gasteiger partial charge in [0.05, 0.1) is 0 Å². The molecule has 8 rings (SSSR count). The number of nitrogens with zero attached hydrogens (tertiary/aromatic N) is 1. The van der Waals surface area contributed by atoms with Gasteiger partial charge in [0.15, 0.2) is 0 Å². The first-order valence-corrected chi connectivity index (χ1v) is 15.9. The van der Waals surface area contributed by atoms with Crippen molar-refractivity contribution in [3.63, 3.8) is 0 Å². The highest BCUT2D eigenvalue weighted by Crippen LogP contribution is 2.45. The molecule has 0 spiro atoms. The van der Waals surface area contributed by atoms with Gasteiger partial charge in [-0.05, 0) is 62.5 Å². The van der Waals surface area contributed by atoms with Crippen molar-refractivity contribution in [3.8, 4) is 0 Å². The Morgan fingerprint density at radius 1 is 0.512 bits per heavy atom. The summed E-state index contributed by atoms with van der Waals surface area (Å²) < 4.78 is 16.5. The largest absolute Gasteiger partial charge is 0.408 e. The standard InChI is InChI=1S/C39H30NO2P/c1-27(32-21-11-17-29-14-5-8-18-33(29)32)40(26-28-12-3-2-4-13-28)43-41-36-24-22-30-15-6-9-19-34(30)38(36)39-35-20-10-7-16-31(35)23-25-37(39)42-43/h2-25,27H,26H2,1H3/t27-/m0/s1. The molecule has 0 aliphatic heterocycles. The van der Waals surface area contributed by atoms with Gasteiger partial charge in [0.1, 0.15) is 11.2 Å². The number of hydrogen-bond acceptors (Lipinski definition) is 3. The number of fused-ring (bicyclic) bond motifs is 8. The molecule has 1 atom stereocenters. The van der Waals surface area contributed by atoms with Crippen LogP contribution in [0.15, 0.2) is 154 Å². The zero-order valence-corrected chi connectivity index (χ0v) is 24.7. The van der Waals surface area contributed by atoms with Crippen LogP contribution < -0.4 is 4.67 Å². The molecular weight excluding hydrogens is 545 g/mol. The minimum Gasteiger partial charge on any atom is -0.408 e. The molecule has 0 radical (unpaired) electrons. The van der Waals surface area contributed by atoms with Gasteiger partial charge in [0.25, 0.3) is 0 Å². The van der Waals surface area contributed by atoms with Gasteiger partial charge in [-0.15, -0.1) is 0 Å². The van der Waals surface area contributed by atoms with Crippen LogP contribution in [0.2, 0.25) is 0 Å². The predicted octanol–water partition coefficient (Wildman–Crippen LogP) is 11.6. The average Bonchev–Trinajstić information content (AvgIpc) is 3.24. The second-order valence-electron chi connectivity index (χ2n) is 11.1. The van der Waals surface area contributed by atoms with Gasteiger partial charge in [-0.25, -0.2) is 0 Å². The van der Waals surface area contributed by atoms with E-state index in [0.29, 0.717) is 6.54 Å². The van der Waals surface area contributed by atoms with Crippen LogP contribution in [0, 0.1) is 0 Å². The van der Waals surface area contributed by atoms with Gasteiger partial charge >= 0.3 is 8.16 Å². The van der Waals surface area contributed by atoms with Crippen molar-refractivity contribution < 1.29 is 8.39 Å². The lowest BCUT2D eigenvalue weighted by molar-refractivity contribution is 0.595. The molecule has 208 valence electrons. The average molecular weight is 576 g/mol. The SMILES string of the molecule is C[C@@H](c1cccc2ccccc12)N(Cc1ccccc1)p1oc2ccc3ccccc3c2c2c(ccc3ccccc32)o1. The van der Waals surface area contributed by atoms with E-state index in [1.54, 1.807) is 0 Å². The van der Waals surface area contributed by atoms with E-state index in [2.05, 4.69) is 157 Å². The Labute approximate surface area is 251 Å². The van der Waals surface area contributed by atoms with Crippen molar-refractivity contribution in [1.82, 2.24) is 0 Å². The predicted molar refractivity (Wildman–Crippen MR) is 182 cm³/mol. The third-order valence-electron chi connectivity index (χ3n) is 8.50. The highest BCUT2D eigenvalue weighted by Gasteiger charge is 2.25. The minimum atomic E-state index is -1.55. The van der Waals surface area contributed by atoms with E-state index in [9.17, 15) is 0 Å². The zero-order chi connectivity index (χ0) is 28.8. The molecule has 0 N–H and O–H groups in total. The molecule has 3 nitrogen and oxygen atoms in total. The lowest BCUT2D eigenvalue weighted by atomic mass is 9.99. The van der Waals surface area contributed by atoms with E-state index < -0.39 is 8.16 Å².